The second-order valence-electron chi connectivity index (χ2n) is 6.14. The predicted molar refractivity (Wildman–Crippen MR) is 101 cm³/mol. The minimum Gasteiger partial charge on any atom is -0.368 e. The Morgan fingerprint density at radius 3 is 2.36 bits per heavy atom. The zero-order valence-electron chi connectivity index (χ0n) is 14.4. The number of benzene rings is 1. The number of hydrogen-bond donors (Lipinski definition) is 1. The van der Waals surface area contributed by atoms with E-state index < -0.39 is 0 Å². The van der Waals surface area contributed by atoms with E-state index >= 15 is 0 Å². The van der Waals surface area contributed by atoms with Gasteiger partial charge in [-0.1, -0.05) is 30.7 Å². The maximum absolute atomic E-state index is 12.6. The minimum atomic E-state index is -0.00354. The van der Waals surface area contributed by atoms with Crippen molar-refractivity contribution in [2.45, 2.75) is 19.4 Å². The summed E-state index contributed by atoms with van der Waals surface area (Å²) < 4.78 is 0. The average Bonchev–Trinajstić information content (AvgIpc) is 2.67. The Kier molecular flexibility index (Phi) is 5.76. The summed E-state index contributed by atoms with van der Waals surface area (Å²) in [5.41, 5.74) is 2.23. The smallest absolute Gasteiger partial charge is 0.318 e. The number of rotatable bonds is 4. The first-order valence-corrected chi connectivity index (χ1v) is 9.01. The molecule has 0 spiro atoms. The molecule has 0 radical (unpaired) electrons. The Balaban J connectivity index is 1.56. The van der Waals surface area contributed by atoms with Gasteiger partial charge in [0, 0.05) is 49.3 Å². The molecule has 0 aliphatic carbocycles. The quantitative estimate of drug-likeness (QED) is 0.906. The van der Waals surface area contributed by atoms with Gasteiger partial charge in [-0.15, -0.1) is 0 Å². The Morgan fingerprint density at radius 1 is 1.12 bits per heavy atom. The highest BCUT2D eigenvalue weighted by molar-refractivity contribution is 6.30. The Bertz CT molecular complexity index is 684. The highest BCUT2D eigenvalue weighted by Gasteiger charge is 2.23. The normalized spacial score (nSPS) is 15.8. The number of carbonyl (C=O) groups excluding carboxylic acids is 1. The topological polar surface area (TPSA) is 48.5 Å². The maximum atomic E-state index is 12.6. The molecule has 1 aromatic carbocycles. The summed E-state index contributed by atoms with van der Waals surface area (Å²) in [5, 5.41) is 3.85. The number of carbonyl (C=O) groups is 1. The van der Waals surface area contributed by atoms with Gasteiger partial charge in [-0.3, -0.25) is 4.98 Å². The predicted octanol–water partition coefficient (Wildman–Crippen LogP) is 3.72. The fraction of sp³-hybridized carbons (Fsp3) is 0.368. The van der Waals surface area contributed by atoms with E-state index in [1.54, 1.807) is 12.4 Å². The highest BCUT2D eigenvalue weighted by atomic mass is 35.5. The first kappa shape index (κ1) is 17.5. The van der Waals surface area contributed by atoms with Gasteiger partial charge in [-0.05, 0) is 36.2 Å². The molecule has 1 aromatic heterocycles. The van der Waals surface area contributed by atoms with Crippen molar-refractivity contribution in [1.82, 2.24) is 15.2 Å². The maximum Gasteiger partial charge on any atom is 0.318 e. The molecule has 132 valence electrons. The van der Waals surface area contributed by atoms with Crippen LogP contribution in [0.15, 0.2) is 48.8 Å². The number of pyridine rings is 1. The number of aromatic nitrogens is 1. The van der Waals surface area contributed by atoms with Crippen molar-refractivity contribution in [1.29, 1.82) is 0 Å². The van der Waals surface area contributed by atoms with Crippen LogP contribution in [-0.2, 0) is 0 Å². The molecule has 1 saturated heterocycles. The van der Waals surface area contributed by atoms with Crippen LogP contribution in [0.2, 0.25) is 5.02 Å². The van der Waals surface area contributed by atoms with Crippen LogP contribution in [0.25, 0.3) is 0 Å². The van der Waals surface area contributed by atoms with E-state index in [1.165, 1.54) is 0 Å². The van der Waals surface area contributed by atoms with Gasteiger partial charge in [0.1, 0.15) is 0 Å². The molecule has 0 saturated carbocycles. The number of amides is 2. The third-order valence-corrected chi connectivity index (χ3v) is 4.83. The van der Waals surface area contributed by atoms with Crippen molar-refractivity contribution in [3.05, 3.63) is 59.4 Å². The third-order valence-electron chi connectivity index (χ3n) is 4.57. The number of piperazine rings is 1. The molecule has 1 N–H and O–H groups in total. The fourth-order valence-corrected chi connectivity index (χ4v) is 3.21. The van der Waals surface area contributed by atoms with E-state index in [1.807, 2.05) is 41.3 Å². The molecule has 1 fully saturated rings. The van der Waals surface area contributed by atoms with Gasteiger partial charge in [0.25, 0.3) is 0 Å². The zero-order chi connectivity index (χ0) is 17.6. The first-order valence-electron chi connectivity index (χ1n) is 8.63. The van der Waals surface area contributed by atoms with Gasteiger partial charge in [-0.25, -0.2) is 4.79 Å². The van der Waals surface area contributed by atoms with E-state index in [0.717, 1.165) is 30.8 Å². The lowest BCUT2D eigenvalue weighted by molar-refractivity contribution is 0.190. The van der Waals surface area contributed by atoms with Crippen molar-refractivity contribution < 1.29 is 4.79 Å². The van der Waals surface area contributed by atoms with Crippen molar-refractivity contribution in [3.8, 4) is 0 Å². The number of hydrogen-bond acceptors (Lipinski definition) is 3. The van der Waals surface area contributed by atoms with Crippen LogP contribution in [0.3, 0.4) is 0 Å². The molecule has 6 heteroatoms. The Labute approximate surface area is 153 Å². The van der Waals surface area contributed by atoms with E-state index in [9.17, 15) is 4.79 Å². The molecule has 1 atom stereocenters. The summed E-state index contributed by atoms with van der Waals surface area (Å²) in [7, 11) is 0. The van der Waals surface area contributed by atoms with E-state index in [2.05, 4.69) is 22.1 Å². The molecule has 3 rings (SSSR count). The Morgan fingerprint density at radius 2 is 1.76 bits per heavy atom. The van der Waals surface area contributed by atoms with Gasteiger partial charge in [0.2, 0.25) is 0 Å². The zero-order valence-corrected chi connectivity index (χ0v) is 15.1. The van der Waals surface area contributed by atoms with Gasteiger partial charge in [0.05, 0.1) is 6.04 Å². The monoisotopic (exact) mass is 358 g/mol. The van der Waals surface area contributed by atoms with E-state index in [4.69, 9.17) is 11.6 Å². The number of nitrogens with one attached hydrogen (secondary N) is 1. The fourth-order valence-electron chi connectivity index (χ4n) is 3.08. The molecule has 2 heterocycles. The highest BCUT2D eigenvalue weighted by Crippen LogP contribution is 2.20. The van der Waals surface area contributed by atoms with Crippen LogP contribution in [0.4, 0.5) is 10.5 Å². The standard InChI is InChI=1S/C19H23ClN4O/c1-2-18(15-3-5-16(20)6-4-15)22-19(25)24-13-11-23(12-14-24)17-7-9-21-10-8-17/h3-10,18H,2,11-14H2,1H3,(H,22,25). The molecular formula is C19H23ClN4O. The van der Waals surface area contributed by atoms with Gasteiger partial charge in [-0.2, -0.15) is 0 Å². The van der Waals surface area contributed by atoms with Crippen LogP contribution < -0.4 is 10.2 Å². The third kappa shape index (κ3) is 4.42. The van der Waals surface area contributed by atoms with Gasteiger partial charge >= 0.3 is 6.03 Å². The first-order chi connectivity index (χ1) is 12.2. The summed E-state index contributed by atoms with van der Waals surface area (Å²) in [5.74, 6) is 0. The average molecular weight is 359 g/mol. The van der Waals surface area contributed by atoms with Crippen LogP contribution in [0.1, 0.15) is 24.9 Å². The van der Waals surface area contributed by atoms with E-state index in [0.29, 0.717) is 18.1 Å². The summed E-state index contributed by atoms with van der Waals surface area (Å²) in [6.45, 7) is 5.15. The lowest BCUT2D eigenvalue weighted by atomic mass is 10.1. The van der Waals surface area contributed by atoms with Crippen molar-refractivity contribution in [3.63, 3.8) is 0 Å². The van der Waals surface area contributed by atoms with Crippen molar-refractivity contribution in [2.24, 2.45) is 0 Å². The second-order valence-corrected chi connectivity index (χ2v) is 6.58. The lowest BCUT2D eigenvalue weighted by Crippen LogP contribution is -2.52. The molecular weight excluding hydrogens is 336 g/mol. The van der Waals surface area contributed by atoms with Crippen LogP contribution >= 0.6 is 11.6 Å². The SMILES string of the molecule is CCC(NC(=O)N1CCN(c2ccncc2)CC1)c1ccc(Cl)cc1. The largest absolute Gasteiger partial charge is 0.368 e. The molecule has 1 unspecified atom stereocenters. The number of halogens is 1. The molecule has 0 bridgehead atoms. The molecule has 2 aromatic rings. The van der Waals surface area contributed by atoms with E-state index in [-0.39, 0.29) is 12.1 Å². The van der Waals surface area contributed by atoms with Crippen LogP contribution in [0, 0.1) is 0 Å². The summed E-state index contributed by atoms with van der Waals surface area (Å²) in [6.07, 6.45) is 4.43. The molecule has 1 aliphatic heterocycles. The Hall–Kier alpha value is -2.27. The van der Waals surface area contributed by atoms with Crippen molar-refractivity contribution >= 4 is 23.3 Å². The molecule has 25 heavy (non-hydrogen) atoms. The van der Waals surface area contributed by atoms with Gasteiger partial charge in [0.15, 0.2) is 0 Å². The second kappa shape index (κ2) is 8.21. The summed E-state index contributed by atoms with van der Waals surface area (Å²) >= 11 is 5.95. The van der Waals surface area contributed by atoms with Crippen molar-refractivity contribution in [2.75, 3.05) is 31.1 Å². The summed E-state index contributed by atoms with van der Waals surface area (Å²) in [6, 6.07) is 11.7. The number of nitrogens with zero attached hydrogens (tertiary/aromatic N) is 3. The van der Waals surface area contributed by atoms with Gasteiger partial charge < -0.3 is 15.1 Å². The molecule has 5 nitrogen and oxygen atoms in total. The number of urea groups is 1. The molecule has 1 aliphatic rings. The summed E-state index contributed by atoms with van der Waals surface area (Å²) in [4.78, 5) is 20.8. The minimum absolute atomic E-state index is 0.00277. The lowest BCUT2D eigenvalue weighted by Gasteiger charge is -2.36. The molecule has 2 amide bonds. The van der Waals surface area contributed by atoms with Crippen LogP contribution in [0.5, 0.6) is 0 Å². The van der Waals surface area contributed by atoms with Crippen LogP contribution in [-0.4, -0.2) is 42.1 Å². The number of anilines is 1.